The van der Waals surface area contributed by atoms with Crippen LogP contribution in [0.2, 0.25) is 0 Å². The van der Waals surface area contributed by atoms with Crippen LogP contribution in [0.5, 0.6) is 5.75 Å². The molecular formula is C16H26BrNO. The predicted molar refractivity (Wildman–Crippen MR) is 85.8 cm³/mol. The summed E-state index contributed by atoms with van der Waals surface area (Å²) < 4.78 is 6.54. The maximum atomic E-state index is 5.50. The first kappa shape index (κ1) is 16.5. The summed E-state index contributed by atoms with van der Waals surface area (Å²) in [5.41, 5.74) is 1.30. The average molecular weight is 328 g/mol. The zero-order chi connectivity index (χ0) is 13.9. The Labute approximate surface area is 126 Å². The van der Waals surface area contributed by atoms with E-state index in [-0.39, 0.29) is 0 Å². The maximum Gasteiger partial charge on any atom is 0.133 e. The van der Waals surface area contributed by atoms with Gasteiger partial charge in [0.15, 0.2) is 0 Å². The molecule has 0 atom stereocenters. The normalized spacial score (nSPS) is 10.7. The Morgan fingerprint density at radius 3 is 2.58 bits per heavy atom. The summed E-state index contributed by atoms with van der Waals surface area (Å²) in [5, 5.41) is 3.50. The molecule has 0 saturated heterocycles. The lowest BCUT2D eigenvalue weighted by Crippen LogP contribution is -2.14. The van der Waals surface area contributed by atoms with E-state index in [2.05, 4.69) is 40.3 Å². The molecule has 0 radical (unpaired) electrons. The maximum absolute atomic E-state index is 5.50. The number of halogens is 1. The Balaban J connectivity index is 2.20. The minimum absolute atomic E-state index is 0.702. The van der Waals surface area contributed by atoms with Crippen LogP contribution in [0.3, 0.4) is 0 Å². The Hall–Kier alpha value is -0.540. The summed E-state index contributed by atoms with van der Waals surface area (Å²) in [6.07, 6.45) is 6.66. The molecule has 0 saturated carbocycles. The van der Waals surface area contributed by atoms with Gasteiger partial charge in [-0.3, -0.25) is 0 Å². The van der Waals surface area contributed by atoms with E-state index in [9.17, 15) is 0 Å². The highest BCUT2D eigenvalue weighted by Gasteiger charge is 2.01. The van der Waals surface area contributed by atoms with Gasteiger partial charge in [0, 0.05) is 6.54 Å². The van der Waals surface area contributed by atoms with Crippen LogP contribution in [0.4, 0.5) is 0 Å². The fraction of sp³-hybridized carbons (Fsp3) is 0.625. The third-order valence-corrected chi connectivity index (χ3v) is 3.70. The standard InChI is InChI=1S/C16H26BrNO/c1-3-5-6-7-8-11-18-13-14-9-10-16(19-4-2)15(17)12-14/h9-10,12,18H,3-8,11,13H2,1-2H3. The highest BCUT2D eigenvalue weighted by molar-refractivity contribution is 9.10. The number of hydrogen-bond donors (Lipinski definition) is 1. The van der Waals surface area contributed by atoms with Gasteiger partial charge in [-0.15, -0.1) is 0 Å². The van der Waals surface area contributed by atoms with E-state index in [1.165, 1.54) is 37.7 Å². The molecule has 1 N–H and O–H groups in total. The first-order valence-corrected chi connectivity index (χ1v) is 8.19. The van der Waals surface area contributed by atoms with Crippen LogP contribution in [0.15, 0.2) is 22.7 Å². The van der Waals surface area contributed by atoms with Crippen LogP contribution in [-0.4, -0.2) is 13.2 Å². The first-order chi connectivity index (χ1) is 9.27. The van der Waals surface area contributed by atoms with Gasteiger partial charge in [0.1, 0.15) is 5.75 Å². The fourth-order valence-corrected chi connectivity index (χ4v) is 2.55. The molecule has 0 aliphatic heterocycles. The number of ether oxygens (including phenoxy) is 1. The van der Waals surface area contributed by atoms with Crippen LogP contribution < -0.4 is 10.1 Å². The molecule has 0 amide bonds. The second kappa shape index (κ2) is 10.3. The van der Waals surface area contributed by atoms with Crippen molar-refractivity contribution in [2.75, 3.05) is 13.2 Å². The van der Waals surface area contributed by atoms with Crippen molar-refractivity contribution < 1.29 is 4.74 Å². The van der Waals surface area contributed by atoms with Crippen LogP contribution in [-0.2, 0) is 6.54 Å². The summed E-state index contributed by atoms with van der Waals surface area (Å²) >= 11 is 3.55. The molecule has 1 aromatic rings. The molecule has 108 valence electrons. The summed E-state index contributed by atoms with van der Waals surface area (Å²) in [6, 6.07) is 6.29. The van der Waals surface area contributed by atoms with Crippen molar-refractivity contribution in [3.63, 3.8) is 0 Å². The minimum Gasteiger partial charge on any atom is -0.493 e. The van der Waals surface area contributed by atoms with E-state index in [0.29, 0.717) is 6.61 Å². The third kappa shape index (κ3) is 6.98. The smallest absolute Gasteiger partial charge is 0.133 e. The highest BCUT2D eigenvalue weighted by atomic mass is 79.9. The molecule has 19 heavy (non-hydrogen) atoms. The molecular weight excluding hydrogens is 302 g/mol. The van der Waals surface area contributed by atoms with Gasteiger partial charge in [-0.05, 0) is 53.5 Å². The van der Waals surface area contributed by atoms with Crippen molar-refractivity contribution in [1.29, 1.82) is 0 Å². The van der Waals surface area contributed by atoms with Gasteiger partial charge < -0.3 is 10.1 Å². The molecule has 0 spiro atoms. The van der Waals surface area contributed by atoms with Crippen LogP contribution in [0.1, 0.15) is 51.5 Å². The molecule has 0 heterocycles. The highest BCUT2D eigenvalue weighted by Crippen LogP contribution is 2.25. The number of rotatable bonds is 10. The van der Waals surface area contributed by atoms with Crippen LogP contribution >= 0.6 is 15.9 Å². The number of benzene rings is 1. The monoisotopic (exact) mass is 327 g/mol. The van der Waals surface area contributed by atoms with E-state index in [0.717, 1.165) is 23.3 Å². The van der Waals surface area contributed by atoms with Crippen molar-refractivity contribution >= 4 is 15.9 Å². The second-order valence-electron chi connectivity index (χ2n) is 4.79. The summed E-state index contributed by atoms with van der Waals surface area (Å²) in [5.74, 6) is 0.922. The quantitative estimate of drug-likeness (QED) is 0.616. The lowest BCUT2D eigenvalue weighted by Gasteiger charge is -2.09. The molecule has 0 bridgehead atoms. The molecule has 0 aliphatic carbocycles. The van der Waals surface area contributed by atoms with Crippen molar-refractivity contribution in [2.24, 2.45) is 0 Å². The first-order valence-electron chi connectivity index (χ1n) is 7.39. The lowest BCUT2D eigenvalue weighted by atomic mass is 10.1. The van der Waals surface area contributed by atoms with Gasteiger partial charge in [-0.25, -0.2) is 0 Å². The van der Waals surface area contributed by atoms with E-state index < -0.39 is 0 Å². The third-order valence-electron chi connectivity index (χ3n) is 3.08. The minimum atomic E-state index is 0.702. The largest absolute Gasteiger partial charge is 0.493 e. The molecule has 0 unspecified atom stereocenters. The van der Waals surface area contributed by atoms with Gasteiger partial charge >= 0.3 is 0 Å². The summed E-state index contributed by atoms with van der Waals surface area (Å²) in [6.45, 7) is 6.99. The van der Waals surface area contributed by atoms with E-state index in [1.807, 2.05) is 13.0 Å². The zero-order valence-electron chi connectivity index (χ0n) is 12.2. The number of unbranched alkanes of at least 4 members (excludes halogenated alkanes) is 4. The predicted octanol–water partition coefficient (Wildman–Crippen LogP) is 4.91. The topological polar surface area (TPSA) is 21.3 Å². The second-order valence-corrected chi connectivity index (χ2v) is 5.64. The summed E-state index contributed by atoms with van der Waals surface area (Å²) in [7, 11) is 0. The molecule has 1 aromatic carbocycles. The van der Waals surface area contributed by atoms with Crippen LogP contribution in [0.25, 0.3) is 0 Å². The number of nitrogens with one attached hydrogen (secondary N) is 1. The SMILES string of the molecule is CCCCCCCNCc1ccc(OCC)c(Br)c1. The summed E-state index contributed by atoms with van der Waals surface area (Å²) in [4.78, 5) is 0. The van der Waals surface area contributed by atoms with E-state index in [4.69, 9.17) is 4.74 Å². The van der Waals surface area contributed by atoms with E-state index in [1.54, 1.807) is 0 Å². The molecule has 1 rings (SSSR count). The van der Waals surface area contributed by atoms with E-state index >= 15 is 0 Å². The van der Waals surface area contributed by atoms with Gasteiger partial charge in [-0.2, -0.15) is 0 Å². The average Bonchev–Trinajstić information content (AvgIpc) is 2.41. The van der Waals surface area contributed by atoms with Crippen molar-refractivity contribution in [3.8, 4) is 5.75 Å². The van der Waals surface area contributed by atoms with Gasteiger partial charge in [0.25, 0.3) is 0 Å². The van der Waals surface area contributed by atoms with Crippen molar-refractivity contribution in [3.05, 3.63) is 28.2 Å². The Morgan fingerprint density at radius 2 is 1.89 bits per heavy atom. The number of hydrogen-bond acceptors (Lipinski definition) is 2. The van der Waals surface area contributed by atoms with Crippen molar-refractivity contribution in [2.45, 2.75) is 52.5 Å². The molecule has 0 aliphatic rings. The Kier molecular flexibility index (Phi) is 8.93. The van der Waals surface area contributed by atoms with Gasteiger partial charge in [0.2, 0.25) is 0 Å². The van der Waals surface area contributed by atoms with Crippen molar-refractivity contribution in [1.82, 2.24) is 5.32 Å². The van der Waals surface area contributed by atoms with Crippen LogP contribution in [0, 0.1) is 0 Å². The molecule has 3 heteroatoms. The Morgan fingerprint density at radius 1 is 1.11 bits per heavy atom. The fourth-order valence-electron chi connectivity index (χ4n) is 2.01. The lowest BCUT2D eigenvalue weighted by molar-refractivity contribution is 0.338. The van der Waals surface area contributed by atoms with Gasteiger partial charge in [0.05, 0.1) is 11.1 Å². The van der Waals surface area contributed by atoms with Gasteiger partial charge in [-0.1, -0.05) is 38.7 Å². The molecule has 0 aromatic heterocycles. The molecule has 0 fully saturated rings. The zero-order valence-corrected chi connectivity index (χ0v) is 13.8. The molecule has 2 nitrogen and oxygen atoms in total. The Bertz CT molecular complexity index is 355.